The molecule has 1 aliphatic heterocycles. The van der Waals surface area contributed by atoms with Crippen molar-refractivity contribution in [2.45, 2.75) is 68.8 Å². The Hall–Kier alpha value is -4.24. The molecule has 2 aliphatic rings. The predicted octanol–water partition coefficient (Wildman–Crippen LogP) is 1.76. The molecule has 0 spiro atoms. The standard InChI is InChI=1S/C30H31FN6O6/c1-16-8-17(12-32)10-20(9-16)37(23-4-3-5-24(23)39)30(41)29-28(42-2)26(27(40)25(15-38)43-29)36-14-22(34-35-36)18-6-7-19(13-33)21(31)11-18/h6-11,14,23-29,38-40H,3-5,15H2,1-2H3/t23-,24-,25+,26-,27-,28+,29+/m0/s1. The molecule has 0 unspecified atom stereocenters. The van der Waals surface area contributed by atoms with Crippen molar-refractivity contribution in [3.8, 4) is 23.4 Å². The third kappa shape index (κ3) is 5.73. The van der Waals surface area contributed by atoms with E-state index in [0.717, 1.165) is 11.6 Å². The van der Waals surface area contributed by atoms with Gasteiger partial charge in [-0.2, -0.15) is 10.5 Å². The number of methoxy groups -OCH3 is 1. The van der Waals surface area contributed by atoms with Crippen LogP contribution in [0.1, 0.15) is 42.0 Å². The fraction of sp³-hybridized carbons (Fsp3) is 0.433. The summed E-state index contributed by atoms with van der Waals surface area (Å²) < 4.78 is 27.3. The van der Waals surface area contributed by atoms with Crippen molar-refractivity contribution in [1.82, 2.24) is 15.0 Å². The van der Waals surface area contributed by atoms with Gasteiger partial charge in [-0.25, -0.2) is 9.07 Å². The summed E-state index contributed by atoms with van der Waals surface area (Å²) >= 11 is 0. The molecule has 13 heteroatoms. The molecule has 1 amide bonds. The van der Waals surface area contributed by atoms with Crippen molar-refractivity contribution in [2.24, 2.45) is 0 Å². The molecule has 2 heterocycles. The lowest BCUT2D eigenvalue weighted by Crippen LogP contribution is -2.62. The molecule has 43 heavy (non-hydrogen) atoms. The third-order valence-electron chi connectivity index (χ3n) is 8.07. The molecular weight excluding hydrogens is 559 g/mol. The highest BCUT2D eigenvalue weighted by Crippen LogP contribution is 2.37. The summed E-state index contributed by atoms with van der Waals surface area (Å²) in [6.07, 6.45) is -2.80. The summed E-state index contributed by atoms with van der Waals surface area (Å²) in [6, 6.07) is 11.1. The van der Waals surface area contributed by atoms with Gasteiger partial charge in [-0.05, 0) is 62.1 Å². The number of aryl methyl sites for hydroxylation is 1. The molecule has 1 saturated carbocycles. The summed E-state index contributed by atoms with van der Waals surface area (Å²) in [5.74, 6) is -1.32. The van der Waals surface area contributed by atoms with E-state index in [2.05, 4.69) is 16.4 Å². The Kier molecular flexibility index (Phi) is 8.82. The van der Waals surface area contributed by atoms with Crippen LogP contribution in [0.2, 0.25) is 0 Å². The van der Waals surface area contributed by atoms with Crippen LogP contribution >= 0.6 is 0 Å². The van der Waals surface area contributed by atoms with Gasteiger partial charge in [-0.1, -0.05) is 11.3 Å². The van der Waals surface area contributed by atoms with E-state index in [4.69, 9.17) is 14.7 Å². The van der Waals surface area contributed by atoms with E-state index >= 15 is 0 Å². The quantitative estimate of drug-likeness (QED) is 0.367. The Morgan fingerprint density at radius 1 is 1.21 bits per heavy atom. The SMILES string of the molecule is CO[C@@H]1[C@@H](n2cc(-c3ccc(C#N)c(F)c3)nn2)[C@@H](O)[C@@H](CO)O[C@H]1C(=O)N(c1cc(C)cc(C#N)c1)[C@H]1CCC[C@@H]1O. The fourth-order valence-electron chi connectivity index (χ4n) is 5.99. The Bertz CT molecular complexity index is 1580. The van der Waals surface area contributed by atoms with E-state index in [0.29, 0.717) is 36.1 Å². The van der Waals surface area contributed by atoms with E-state index < -0.39 is 60.9 Å². The molecule has 5 rings (SSSR count). The van der Waals surface area contributed by atoms with Gasteiger partial charge in [0.15, 0.2) is 6.10 Å². The molecule has 3 aromatic rings. The molecular formula is C30H31FN6O6. The molecule has 1 aliphatic carbocycles. The lowest BCUT2D eigenvalue weighted by atomic mass is 9.91. The Morgan fingerprint density at radius 3 is 2.63 bits per heavy atom. The van der Waals surface area contributed by atoms with E-state index in [1.54, 1.807) is 31.2 Å². The van der Waals surface area contributed by atoms with Gasteiger partial charge < -0.3 is 29.7 Å². The number of rotatable bonds is 7. The number of nitrogens with zero attached hydrogens (tertiary/aromatic N) is 6. The number of hydrogen-bond acceptors (Lipinski definition) is 10. The molecule has 1 aromatic heterocycles. The molecule has 12 nitrogen and oxygen atoms in total. The number of benzene rings is 2. The van der Waals surface area contributed by atoms with Gasteiger partial charge in [0.2, 0.25) is 0 Å². The van der Waals surface area contributed by atoms with E-state index in [-0.39, 0.29) is 11.3 Å². The number of aromatic nitrogens is 3. The number of anilines is 1. The smallest absolute Gasteiger partial charge is 0.259 e. The second-order valence-electron chi connectivity index (χ2n) is 10.8. The summed E-state index contributed by atoms with van der Waals surface area (Å²) in [5, 5.41) is 59.1. The van der Waals surface area contributed by atoms with E-state index in [1.165, 1.54) is 35.0 Å². The maximum Gasteiger partial charge on any atom is 0.259 e. The van der Waals surface area contributed by atoms with Gasteiger partial charge in [-0.15, -0.1) is 5.10 Å². The average Bonchev–Trinajstić information content (AvgIpc) is 3.66. The van der Waals surface area contributed by atoms with Crippen LogP contribution in [0.25, 0.3) is 11.3 Å². The molecule has 224 valence electrons. The number of amides is 1. The minimum Gasteiger partial charge on any atom is -0.394 e. The van der Waals surface area contributed by atoms with Gasteiger partial charge >= 0.3 is 0 Å². The largest absolute Gasteiger partial charge is 0.394 e. The normalized spacial score (nSPS) is 26.9. The lowest BCUT2D eigenvalue weighted by Gasteiger charge is -2.45. The Labute approximate surface area is 247 Å². The van der Waals surface area contributed by atoms with Crippen LogP contribution in [0.15, 0.2) is 42.6 Å². The maximum atomic E-state index is 14.4. The van der Waals surface area contributed by atoms with Crippen LogP contribution < -0.4 is 4.90 Å². The van der Waals surface area contributed by atoms with E-state index in [9.17, 15) is 29.8 Å². The second kappa shape index (κ2) is 12.6. The van der Waals surface area contributed by atoms with Crippen LogP contribution in [0, 0.1) is 35.4 Å². The first kappa shape index (κ1) is 30.2. The Morgan fingerprint density at radius 2 is 2.00 bits per heavy atom. The van der Waals surface area contributed by atoms with Crippen LogP contribution in [-0.4, -0.2) is 86.5 Å². The number of nitriles is 2. The number of halogens is 1. The first-order valence-corrected chi connectivity index (χ1v) is 13.8. The van der Waals surface area contributed by atoms with Crippen molar-refractivity contribution in [2.75, 3.05) is 18.6 Å². The third-order valence-corrected chi connectivity index (χ3v) is 8.07. The zero-order valence-electron chi connectivity index (χ0n) is 23.5. The maximum absolute atomic E-state index is 14.4. The minimum absolute atomic E-state index is 0.130. The Balaban J connectivity index is 1.54. The van der Waals surface area contributed by atoms with Crippen molar-refractivity contribution >= 4 is 11.6 Å². The van der Waals surface area contributed by atoms with Crippen molar-refractivity contribution in [1.29, 1.82) is 10.5 Å². The van der Waals surface area contributed by atoms with Crippen LogP contribution in [0.3, 0.4) is 0 Å². The molecule has 0 radical (unpaired) electrons. The van der Waals surface area contributed by atoms with Crippen molar-refractivity contribution in [3.63, 3.8) is 0 Å². The van der Waals surface area contributed by atoms with Gasteiger partial charge in [-0.3, -0.25) is 4.79 Å². The van der Waals surface area contributed by atoms with Crippen molar-refractivity contribution in [3.05, 3.63) is 65.1 Å². The number of carbonyl (C=O) groups excluding carboxylic acids is 1. The average molecular weight is 591 g/mol. The molecule has 2 fully saturated rings. The monoisotopic (exact) mass is 590 g/mol. The summed E-state index contributed by atoms with van der Waals surface area (Å²) in [4.78, 5) is 15.9. The van der Waals surface area contributed by atoms with E-state index in [1.807, 2.05) is 0 Å². The number of hydrogen-bond donors (Lipinski definition) is 3. The van der Waals surface area contributed by atoms with Gasteiger partial charge in [0.05, 0.1) is 42.1 Å². The number of aliphatic hydroxyl groups is 3. The molecule has 0 bridgehead atoms. The van der Waals surface area contributed by atoms with Gasteiger partial charge in [0.1, 0.15) is 41.9 Å². The summed E-state index contributed by atoms with van der Waals surface area (Å²) in [6.45, 7) is 1.17. The highest BCUT2D eigenvalue weighted by molar-refractivity contribution is 5.98. The first-order valence-electron chi connectivity index (χ1n) is 13.8. The van der Waals surface area contributed by atoms with Gasteiger partial charge in [0.25, 0.3) is 5.91 Å². The number of aliphatic hydroxyl groups excluding tert-OH is 3. The second-order valence-corrected chi connectivity index (χ2v) is 10.8. The fourth-order valence-corrected chi connectivity index (χ4v) is 5.99. The van der Waals surface area contributed by atoms with Crippen LogP contribution in [0.5, 0.6) is 0 Å². The predicted molar refractivity (Wildman–Crippen MR) is 149 cm³/mol. The zero-order valence-corrected chi connectivity index (χ0v) is 23.5. The zero-order chi connectivity index (χ0) is 30.8. The minimum atomic E-state index is -1.39. The highest BCUT2D eigenvalue weighted by Gasteiger charge is 2.52. The highest BCUT2D eigenvalue weighted by atomic mass is 19.1. The summed E-state index contributed by atoms with van der Waals surface area (Å²) in [5.41, 5.74) is 1.92. The van der Waals surface area contributed by atoms with Gasteiger partial charge in [0, 0.05) is 18.4 Å². The molecule has 1 saturated heterocycles. The van der Waals surface area contributed by atoms with Crippen LogP contribution in [0.4, 0.5) is 10.1 Å². The lowest BCUT2D eigenvalue weighted by molar-refractivity contribution is -0.211. The number of ether oxygens (including phenoxy) is 2. The molecule has 3 N–H and O–H groups in total. The topological polar surface area (TPSA) is 178 Å². The molecule has 7 atom stereocenters. The molecule has 2 aromatic carbocycles. The summed E-state index contributed by atoms with van der Waals surface area (Å²) in [7, 11) is 1.34. The first-order chi connectivity index (χ1) is 20.7. The number of carbonyl (C=O) groups is 1. The van der Waals surface area contributed by atoms with Crippen molar-refractivity contribution < 1.29 is 34.0 Å². The van der Waals surface area contributed by atoms with Crippen LogP contribution in [-0.2, 0) is 14.3 Å².